The maximum atomic E-state index is 13.4. The predicted octanol–water partition coefficient (Wildman–Crippen LogP) is 14.3. The second-order valence-electron chi connectivity index (χ2n) is 20.5. The second-order valence-corrected chi connectivity index (χ2v) is 20.5. The Bertz CT molecular complexity index is 1710. The Morgan fingerprint density at radius 3 is 1.55 bits per heavy atom. The van der Waals surface area contributed by atoms with E-state index in [4.69, 9.17) is 14.2 Å². The molecule has 1 fully saturated rings. The first-order valence-corrected chi connectivity index (χ1v) is 30.4. The standard InChI is InChI=1S/C66H109NO10/c1-4-7-10-13-16-19-22-25-27-29-31-32-35-38-41-44-47-50-53-59(70)65(74)67-57(58(69)52-49-46-43-40-37-34-24-21-18-15-12-9-6-3)56-75-66-64(63(73)62(72)60(55-68)76-66)77-61(71)54-51-48-45-42-39-36-33-30-28-26-23-20-17-14-11-8-5-2/h8,11,14,16-17,19-20,23,25-28,30-33,36,39,49,52,57-60,62-64,66,68-70,72-73H,4-7,9-10,12-13,15,18,21-22,24,29,34-35,37-38,40-48,50-51,53-56H2,1-3H3,(H,67,74)/b11-8-,17-14+,19-16-,23-20+,27-25-,28-26-,32-31-,33-30+,39-36+,52-49+. The number of hydrogen-bond acceptors (Lipinski definition) is 10. The third kappa shape index (κ3) is 40.8. The summed E-state index contributed by atoms with van der Waals surface area (Å²) < 4.78 is 17.6. The van der Waals surface area contributed by atoms with Crippen molar-refractivity contribution in [1.82, 2.24) is 5.32 Å². The van der Waals surface area contributed by atoms with Crippen LogP contribution in [0.4, 0.5) is 0 Å². The number of carbonyl (C=O) groups excluding carboxylic acids is 2. The molecule has 77 heavy (non-hydrogen) atoms. The molecule has 8 atom stereocenters. The van der Waals surface area contributed by atoms with E-state index in [0.717, 1.165) is 96.3 Å². The summed E-state index contributed by atoms with van der Waals surface area (Å²) in [5.41, 5.74) is 0. The summed E-state index contributed by atoms with van der Waals surface area (Å²) >= 11 is 0. The maximum Gasteiger partial charge on any atom is 0.306 e. The monoisotopic (exact) mass is 1080 g/mol. The molecule has 0 bridgehead atoms. The number of aliphatic hydroxyl groups excluding tert-OH is 5. The fraction of sp³-hybridized carbons (Fsp3) is 0.667. The van der Waals surface area contributed by atoms with Gasteiger partial charge in [0.05, 0.1) is 25.4 Å². The number of aliphatic hydroxyl groups is 5. The number of ether oxygens (including phenoxy) is 3. The Hall–Kier alpha value is -3.94. The average Bonchev–Trinajstić information content (AvgIpc) is 3.43. The Labute approximate surface area is 468 Å². The van der Waals surface area contributed by atoms with Gasteiger partial charge in [0, 0.05) is 6.42 Å². The van der Waals surface area contributed by atoms with E-state index in [0.29, 0.717) is 12.8 Å². The first-order valence-electron chi connectivity index (χ1n) is 30.4. The molecule has 1 rings (SSSR count). The van der Waals surface area contributed by atoms with E-state index in [2.05, 4.69) is 74.7 Å². The molecular formula is C66H109NO10. The SMILES string of the molecule is CC\C=C/C=C/C=C/C=C\C=C\C=C\CCCCCC(=O)OC1C(OCC(NC(=O)C(O)CCCCCCC/C=C\C/C=C\C/C=C\CCCCC)C(O)/C=C/CCCCCCCCCCCCC)OC(CO)C(O)C1O. The fourth-order valence-corrected chi connectivity index (χ4v) is 8.69. The summed E-state index contributed by atoms with van der Waals surface area (Å²) in [4.78, 5) is 26.5. The molecule has 1 aliphatic rings. The van der Waals surface area contributed by atoms with Crippen LogP contribution in [0, 0.1) is 0 Å². The summed E-state index contributed by atoms with van der Waals surface area (Å²) in [5, 5.41) is 56.9. The van der Waals surface area contributed by atoms with Crippen LogP contribution in [0.1, 0.15) is 220 Å². The molecule has 1 heterocycles. The minimum atomic E-state index is -1.64. The molecule has 8 unspecified atom stereocenters. The number of amides is 1. The van der Waals surface area contributed by atoms with Gasteiger partial charge in [0.15, 0.2) is 12.4 Å². The van der Waals surface area contributed by atoms with Crippen molar-refractivity contribution in [2.75, 3.05) is 13.2 Å². The summed E-state index contributed by atoms with van der Waals surface area (Å²) in [5.74, 6) is -1.26. The fourth-order valence-electron chi connectivity index (χ4n) is 8.69. The van der Waals surface area contributed by atoms with E-state index in [-0.39, 0.29) is 19.4 Å². The molecule has 0 spiro atoms. The van der Waals surface area contributed by atoms with Gasteiger partial charge in [-0.15, -0.1) is 0 Å². The molecule has 0 radical (unpaired) electrons. The van der Waals surface area contributed by atoms with E-state index in [9.17, 15) is 35.1 Å². The van der Waals surface area contributed by atoms with Gasteiger partial charge in [-0.05, 0) is 83.5 Å². The highest BCUT2D eigenvalue weighted by molar-refractivity contribution is 5.80. The zero-order valence-electron chi connectivity index (χ0n) is 48.3. The van der Waals surface area contributed by atoms with E-state index >= 15 is 0 Å². The van der Waals surface area contributed by atoms with Crippen LogP contribution in [0.25, 0.3) is 0 Å². The van der Waals surface area contributed by atoms with Gasteiger partial charge in [0.25, 0.3) is 0 Å². The van der Waals surface area contributed by atoms with Crippen LogP contribution in [-0.2, 0) is 23.8 Å². The van der Waals surface area contributed by atoms with Gasteiger partial charge in [-0.25, -0.2) is 0 Å². The van der Waals surface area contributed by atoms with Crippen LogP contribution in [0.2, 0.25) is 0 Å². The molecule has 0 saturated carbocycles. The highest BCUT2D eigenvalue weighted by Gasteiger charge is 2.47. The van der Waals surface area contributed by atoms with Gasteiger partial charge in [-0.1, -0.05) is 251 Å². The topological polar surface area (TPSA) is 175 Å². The van der Waals surface area contributed by atoms with Crippen LogP contribution < -0.4 is 5.32 Å². The van der Waals surface area contributed by atoms with E-state index in [1.165, 1.54) is 77.0 Å². The van der Waals surface area contributed by atoms with Gasteiger partial charge in [-0.3, -0.25) is 9.59 Å². The van der Waals surface area contributed by atoms with Crippen LogP contribution in [0.3, 0.4) is 0 Å². The zero-order valence-corrected chi connectivity index (χ0v) is 48.3. The Kier molecular flexibility index (Phi) is 48.7. The van der Waals surface area contributed by atoms with Crippen molar-refractivity contribution < 1.29 is 49.3 Å². The predicted molar refractivity (Wildman–Crippen MR) is 319 cm³/mol. The first-order chi connectivity index (χ1) is 37.7. The van der Waals surface area contributed by atoms with E-state index < -0.39 is 67.4 Å². The van der Waals surface area contributed by atoms with Gasteiger partial charge in [-0.2, -0.15) is 0 Å². The Morgan fingerprint density at radius 1 is 0.532 bits per heavy atom. The molecule has 1 amide bonds. The molecular weight excluding hydrogens is 967 g/mol. The molecule has 0 aromatic carbocycles. The van der Waals surface area contributed by atoms with Crippen molar-refractivity contribution in [2.24, 2.45) is 0 Å². The molecule has 6 N–H and O–H groups in total. The molecule has 0 aromatic heterocycles. The van der Waals surface area contributed by atoms with Gasteiger partial charge in [0.2, 0.25) is 5.91 Å². The smallest absolute Gasteiger partial charge is 0.306 e. The number of esters is 1. The number of carbonyl (C=O) groups is 2. The summed E-state index contributed by atoms with van der Waals surface area (Å²) in [6.07, 6.45) is 62.2. The number of allylic oxidation sites excluding steroid dienone is 19. The minimum absolute atomic E-state index is 0.0634. The number of nitrogens with one attached hydrogen (secondary N) is 1. The van der Waals surface area contributed by atoms with Crippen molar-refractivity contribution in [2.45, 2.75) is 269 Å². The minimum Gasteiger partial charge on any atom is -0.454 e. The lowest BCUT2D eigenvalue weighted by Crippen LogP contribution is -2.61. The molecule has 1 aliphatic heterocycles. The molecule has 11 nitrogen and oxygen atoms in total. The Balaban J connectivity index is 2.76. The molecule has 11 heteroatoms. The van der Waals surface area contributed by atoms with Gasteiger partial charge >= 0.3 is 5.97 Å². The molecule has 438 valence electrons. The number of unbranched alkanes of at least 4 members (excludes halogenated alkanes) is 22. The Morgan fingerprint density at radius 2 is 0.987 bits per heavy atom. The van der Waals surface area contributed by atoms with Crippen LogP contribution in [0.15, 0.2) is 122 Å². The highest BCUT2D eigenvalue weighted by Crippen LogP contribution is 2.26. The van der Waals surface area contributed by atoms with Crippen molar-refractivity contribution in [3.05, 3.63) is 122 Å². The summed E-state index contributed by atoms with van der Waals surface area (Å²) in [6.45, 7) is 5.57. The summed E-state index contributed by atoms with van der Waals surface area (Å²) in [6, 6.07) is -1.05. The highest BCUT2D eigenvalue weighted by atomic mass is 16.7. The van der Waals surface area contributed by atoms with Crippen molar-refractivity contribution in [1.29, 1.82) is 0 Å². The molecule has 0 aromatic rings. The van der Waals surface area contributed by atoms with Crippen LogP contribution >= 0.6 is 0 Å². The van der Waals surface area contributed by atoms with E-state index in [1.54, 1.807) is 6.08 Å². The van der Waals surface area contributed by atoms with Crippen LogP contribution in [0.5, 0.6) is 0 Å². The third-order valence-corrected chi connectivity index (χ3v) is 13.5. The first kappa shape index (κ1) is 71.1. The average molecular weight is 1080 g/mol. The van der Waals surface area contributed by atoms with Crippen molar-refractivity contribution in [3.63, 3.8) is 0 Å². The zero-order chi connectivity index (χ0) is 56.1. The van der Waals surface area contributed by atoms with Gasteiger partial charge < -0.3 is 45.1 Å². The normalized spacial score (nSPS) is 19.9. The largest absolute Gasteiger partial charge is 0.454 e. The lowest BCUT2D eigenvalue weighted by molar-refractivity contribution is -0.305. The van der Waals surface area contributed by atoms with Crippen molar-refractivity contribution in [3.8, 4) is 0 Å². The van der Waals surface area contributed by atoms with Crippen LogP contribution in [-0.4, -0.2) is 99.6 Å². The molecule has 0 aliphatic carbocycles. The second kappa shape index (κ2) is 52.7. The molecule has 1 saturated heterocycles. The lowest BCUT2D eigenvalue weighted by atomic mass is 9.99. The number of rotatable bonds is 49. The van der Waals surface area contributed by atoms with Gasteiger partial charge in [0.1, 0.15) is 24.4 Å². The summed E-state index contributed by atoms with van der Waals surface area (Å²) in [7, 11) is 0. The van der Waals surface area contributed by atoms with Crippen molar-refractivity contribution >= 4 is 11.9 Å². The maximum absolute atomic E-state index is 13.4. The quantitative estimate of drug-likeness (QED) is 0.0149. The lowest BCUT2D eigenvalue weighted by Gasteiger charge is -2.41. The third-order valence-electron chi connectivity index (χ3n) is 13.5. The number of hydrogen-bond donors (Lipinski definition) is 6. The van der Waals surface area contributed by atoms with E-state index in [1.807, 2.05) is 66.8 Å².